The number of H-pyrrole nitrogens is 1. The molecular formula is C13H12FN3S. The van der Waals surface area contributed by atoms with E-state index in [9.17, 15) is 4.39 Å². The average Bonchev–Trinajstić information content (AvgIpc) is 2.96. The van der Waals surface area contributed by atoms with E-state index in [0.717, 1.165) is 20.8 Å². The van der Waals surface area contributed by atoms with Gasteiger partial charge < -0.3 is 10.7 Å². The Balaban J connectivity index is 1.89. The summed E-state index contributed by atoms with van der Waals surface area (Å²) in [6.45, 7) is 0. The van der Waals surface area contributed by atoms with Gasteiger partial charge in [0, 0.05) is 34.4 Å². The SMILES string of the molecule is NC(Cc1ncc[nH]1)c1cc2ccc(F)cc2s1. The largest absolute Gasteiger partial charge is 0.349 e. The Labute approximate surface area is 107 Å². The maximum atomic E-state index is 13.1. The molecule has 1 atom stereocenters. The Bertz CT molecular complexity index is 660. The minimum Gasteiger partial charge on any atom is -0.349 e. The highest BCUT2D eigenvalue weighted by molar-refractivity contribution is 7.19. The van der Waals surface area contributed by atoms with Crippen molar-refractivity contribution in [2.45, 2.75) is 12.5 Å². The lowest BCUT2D eigenvalue weighted by Gasteiger charge is -2.06. The van der Waals surface area contributed by atoms with E-state index in [1.165, 1.54) is 17.4 Å². The molecule has 0 spiro atoms. The van der Waals surface area contributed by atoms with E-state index in [1.54, 1.807) is 24.5 Å². The van der Waals surface area contributed by atoms with Gasteiger partial charge in [-0.25, -0.2) is 9.37 Å². The molecule has 3 aromatic rings. The number of thiophene rings is 1. The average molecular weight is 261 g/mol. The summed E-state index contributed by atoms with van der Waals surface area (Å²) >= 11 is 1.53. The molecule has 5 heteroatoms. The standard InChI is InChI=1S/C13H12FN3S/c14-9-2-1-8-5-12(18-11(8)6-9)10(15)7-13-16-3-4-17-13/h1-6,10H,7,15H2,(H,16,17). The molecule has 0 fully saturated rings. The molecule has 3 N–H and O–H groups in total. The predicted octanol–water partition coefficient (Wildman–Crippen LogP) is 3.01. The highest BCUT2D eigenvalue weighted by atomic mass is 32.1. The van der Waals surface area contributed by atoms with Crippen molar-refractivity contribution in [1.29, 1.82) is 0 Å². The number of imidazole rings is 1. The van der Waals surface area contributed by atoms with E-state index in [2.05, 4.69) is 9.97 Å². The number of halogens is 1. The van der Waals surface area contributed by atoms with Crippen LogP contribution in [0.4, 0.5) is 4.39 Å². The molecule has 1 unspecified atom stereocenters. The number of benzene rings is 1. The number of nitrogens with two attached hydrogens (primary N) is 1. The Hall–Kier alpha value is -1.72. The minimum absolute atomic E-state index is 0.114. The van der Waals surface area contributed by atoms with Gasteiger partial charge in [0.1, 0.15) is 11.6 Å². The minimum atomic E-state index is -0.212. The van der Waals surface area contributed by atoms with Crippen LogP contribution in [0.5, 0.6) is 0 Å². The quantitative estimate of drug-likeness (QED) is 0.761. The Morgan fingerprint density at radius 3 is 3.06 bits per heavy atom. The molecule has 92 valence electrons. The van der Waals surface area contributed by atoms with Crippen LogP contribution in [0, 0.1) is 5.82 Å². The van der Waals surface area contributed by atoms with Crippen LogP contribution in [0.15, 0.2) is 36.7 Å². The molecule has 18 heavy (non-hydrogen) atoms. The first-order valence-electron chi connectivity index (χ1n) is 5.65. The molecular weight excluding hydrogens is 249 g/mol. The van der Waals surface area contributed by atoms with Gasteiger partial charge >= 0.3 is 0 Å². The van der Waals surface area contributed by atoms with Gasteiger partial charge in [0.15, 0.2) is 0 Å². The normalized spacial score (nSPS) is 13.0. The number of nitrogens with one attached hydrogen (secondary N) is 1. The van der Waals surface area contributed by atoms with Crippen LogP contribution in [0.2, 0.25) is 0 Å². The summed E-state index contributed by atoms with van der Waals surface area (Å²) in [5.74, 6) is 0.654. The molecule has 0 aliphatic heterocycles. The van der Waals surface area contributed by atoms with Crippen LogP contribution in [0.25, 0.3) is 10.1 Å². The summed E-state index contributed by atoms with van der Waals surface area (Å²) in [4.78, 5) is 8.24. The number of aromatic nitrogens is 2. The van der Waals surface area contributed by atoms with Crippen LogP contribution in [0.3, 0.4) is 0 Å². The van der Waals surface area contributed by atoms with Crippen molar-refractivity contribution < 1.29 is 4.39 Å². The van der Waals surface area contributed by atoms with Gasteiger partial charge in [-0.2, -0.15) is 0 Å². The van der Waals surface area contributed by atoms with E-state index in [-0.39, 0.29) is 11.9 Å². The van der Waals surface area contributed by atoms with E-state index in [1.807, 2.05) is 6.07 Å². The van der Waals surface area contributed by atoms with E-state index >= 15 is 0 Å². The van der Waals surface area contributed by atoms with Gasteiger partial charge in [-0.15, -0.1) is 11.3 Å². The summed E-state index contributed by atoms with van der Waals surface area (Å²) in [6, 6.07) is 6.70. The molecule has 3 rings (SSSR count). The third-order valence-electron chi connectivity index (χ3n) is 2.83. The first-order chi connectivity index (χ1) is 8.72. The molecule has 2 aromatic heterocycles. The zero-order chi connectivity index (χ0) is 12.5. The van der Waals surface area contributed by atoms with Crippen LogP contribution in [-0.4, -0.2) is 9.97 Å². The lowest BCUT2D eigenvalue weighted by atomic mass is 10.1. The maximum absolute atomic E-state index is 13.1. The van der Waals surface area contributed by atoms with Crippen LogP contribution in [0.1, 0.15) is 16.7 Å². The lowest BCUT2D eigenvalue weighted by molar-refractivity contribution is 0.630. The highest BCUT2D eigenvalue weighted by Crippen LogP contribution is 2.30. The zero-order valence-corrected chi connectivity index (χ0v) is 10.4. The van der Waals surface area contributed by atoms with Crippen molar-refractivity contribution in [2.24, 2.45) is 5.73 Å². The van der Waals surface area contributed by atoms with E-state index in [4.69, 9.17) is 5.73 Å². The third kappa shape index (κ3) is 2.14. The fraction of sp³-hybridized carbons (Fsp3) is 0.154. The summed E-state index contributed by atoms with van der Waals surface area (Å²) in [6.07, 6.45) is 4.15. The number of nitrogens with zero attached hydrogens (tertiary/aromatic N) is 1. The third-order valence-corrected chi connectivity index (χ3v) is 4.06. The summed E-state index contributed by atoms with van der Waals surface area (Å²) < 4.78 is 14.0. The topological polar surface area (TPSA) is 54.7 Å². The van der Waals surface area contributed by atoms with Crippen molar-refractivity contribution in [2.75, 3.05) is 0 Å². The van der Waals surface area contributed by atoms with Crippen molar-refractivity contribution in [3.8, 4) is 0 Å². The molecule has 0 radical (unpaired) electrons. The molecule has 0 bridgehead atoms. The fourth-order valence-corrected chi connectivity index (χ4v) is 3.02. The smallest absolute Gasteiger partial charge is 0.124 e. The first-order valence-corrected chi connectivity index (χ1v) is 6.47. The molecule has 0 aliphatic rings. The van der Waals surface area contributed by atoms with Crippen LogP contribution in [-0.2, 0) is 6.42 Å². The fourth-order valence-electron chi connectivity index (χ4n) is 1.93. The van der Waals surface area contributed by atoms with Crippen molar-refractivity contribution in [3.05, 3.63) is 53.2 Å². The zero-order valence-electron chi connectivity index (χ0n) is 9.56. The number of fused-ring (bicyclic) bond motifs is 1. The molecule has 1 aromatic carbocycles. The molecule has 0 aliphatic carbocycles. The predicted molar refractivity (Wildman–Crippen MR) is 71.0 cm³/mol. The number of aromatic amines is 1. The van der Waals surface area contributed by atoms with Crippen molar-refractivity contribution in [3.63, 3.8) is 0 Å². The second-order valence-corrected chi connectivity index (χ2v) is 5.29. The summed E-state index contributed by atoms with van der Waals surface area (Å²) in [5.41, 5.74) is 6.14. The maximum Gasteiger partial charge on any atom is 0.124 e. The van der Waals surface area contributed by atoms with Crippen LogP contribution >= 0.6 is 11.3 Å². The van der Waals surface area contributed by atoms with Gasteiger partial charge in [0.2, 0.25) is 0 Å². The molecule has 0 amide bonds. The van der Waals surface area contributed by atoms with Gasteiger partial charge in [0.05, 0.1) is 0 Å². The second-order valence-electron chi connectivity index (χ2n) is 4.18. The van der Waals surface area contributed by atoms with Gasteiger partial charge in [-0.1, -0.05) is 6.07 Å². The highest BCUT2D eigenvalue weighted by Gasteiger charge is 2.12. The van der Waals surface area contributed by atoms with Gasteiger partial charge in [0.25, 0.3) is 0 Å². The Morgan fingerprint density at radius 2 is 2.28 bits per heavy atom. The summed E-state index contributed by atoms with van der Waals surface area (Å²) in [7, 11) is 0. The van der Waals surface area contributed by atoms with Gasteiger partial charge in [-0.3, -0.25) is 0 Å². The van der Waals surface area contributed by atoms with E-state index < -0.39 is 0 Å². The Kier molecular flexibility index (Phi) is 2.85. The molecule has 0 saturated carbocycles. The monoisotopic (exact) mass is 261 g/mol. The molecule has 0 saturated heterocycles. The number of rotatable bonds is 3. The van der Waals surface area contributed by atoms with Gasteiger partial charge in [-0.05, 0) is 23.6 Å². The summed E-state index contributed by atoms with van der Waals surface area (Å²) in [5, 5.41) is 1.03. The second kappa shape index (κ2) is 4.51. The lowest BCUT2D eigenvalue weighted by Crippen LogP contribution is -2.12. The van der Waals surface area contributed by atoms with Crippen molar-refractivity contribution in [1.82, 2.24) is 9.97 Å². The number of hydrogen-bond acceptors (Lipinski definition) is 3. The molecule has 2 heterocycles. The van der Waals surface area contributed by atoms with Crippen LogP contribution < -0.4 is 5.73 Å². The molecule has 3 nitrogen and oxygen atoms in total. The first kappa shape index (κ1) is 11.4. The Morgan fingerprint density at radius 1 is 1.39 bits per heavy atom. The number of hydrogen-bond donors (Lipinski definition) is 2. The van der Waals surface area contributed by atoms with Crippen molar-refractivity contribution >= 4 is 21.4 Å². The van der Waals surface area contributed by atoms with E-state index in [0.29, 0.717) is 6.42 Å².